The van der Waals surface area contributed by atoms with Crippen molar-refractivity contribution in [3.05, 3.63) is 35.6 Å². The molecule has 1 aromatic carbocycles. The third kappa shape index (κ3) is 2.22. The summed E-state index contributed by atoms with van der Waals surface area (Å²) in [5.74, 6) is 0. The number of piperidine rings is 1. The molecule has 90 valence electrons. The van der Waals surface area contributed by atoms with Crippen LogP contribution in [0.25, 0.3) is 11.0 Å². The van der Waals surface area contributed by atoms with Crippen LogP contribution in [0, 0.1) is 6.92 Å². The molecule has 1 aliphatic rings. The summed E-state index contributed by atoms with van der Waals surface area (Å²) in [6.07, 6.45) is 6.95. The van der Waals surface area contributed by atoms with Crippen LogP contribution >= 0.6 is 0 Å². The molecule has 1 atom stereocenters. The molecule has 0 radical (unpaired) electrons. The lowest BCUT2D eigenvalue weighted by molar-refractivity contribution is 0.399. The molecule has 1 aromatic heterocycles. The molecule has 2 heterocycles. The summed E-state index contributed by atoms with van der Waals surface area (Å²) >= 11 is 0. The molecular weight excluding hydrogens is 210 g/mol. The van der Waals surface area contributed by atoms with E-state index in [1.807, 2.05) is 6.26 Å². The van der Waals surface area contributed by atoms with Crippen LogP contribution < -0.4 is 5.32 Å². The van der Waals surface area contributed by atoms with Crippen LogP contribution in [0.1, 0.15) is 30.4 Å². The van der Waals surface area contributed by atoms with Crippen molar-refractivity contribution < 1.29 is 4.42 Å². The maximum Gasteiger partial charge on any atom is 0.134 e. The highest BCUT2D eigenvalue weighted by molar-refractivity contribution is 5.81. The quantitative estimate of drug-likeness (QED) is 0.853. The molecule has 0 saturated carbocycles. The van der Waals surface area contributed by atoms with Gasteiger partial charge in [0, 0.05) is 11.4 Å². The predicted octanol–water partition coefficient (Wildman–Crippen LogP) is 3.43. The maximum absolute atomic E-state index is 5.56. The maximum atomic E-state index is 5.56. The van der Waals surface area contributed by atoms with Crippen LogP contribution in [0.3, 0.4) is 0 Å². The minimum Gasteiger partial charge on any atom is -0.464 e. The third-order valence-electron chi connectivity index (χ3n) is 3.73. The van der Waals surface area contributed by atoms with E-state index in [4.69, 9.17) is 4.42 Å². The van der Waals surface area contributed by atoms with E-state index in [2.05, 4.69) is 30.4 Å². The highest BCUT2D eigenvalue weighted by Gasteiger charge is 2.13. The smallest absolute Gasteiger partial charge is 0.134 e. The molecule has 0 bridgehead atoms. The number of rotatable bonds is 2. The van der Waals surface area contributed by atoms with E-state index in [1.54, 1.807) is 0 Å². The van der Waals surface area contributed by atoms with Gasteiger partial charge in [-0.05, 0) is 49.9 Å². The monoisotopic (exact) mass is 229 g/mol. The average molecular weight is 229 g/mol. The minimum absolute atomic E-state index is 0.650. The van der Waals surface area contributed by atoms with Gasteiger partial charge < -0.3 is 9.73 Å². The number of fused-ring (bicyclic) bond motifs is 1. The van der Waals surface area contributed by atoms with Crippen molar-refractivity contribution in [2.24, 2.45) is 0 Å². The largest absolute Gasteiger partial charge is 0.464 e. The summed E-state index contributed by atoms with van der Waals surface area (Å²) in [5.41, 5.74) is 3.63. The van der Waals surface area contributed by atoms with Gasteiger partial charge in [0.2, 0.25) is 0 Å². The summed E-state index contributed by atoms with van der Waals surface area (Å²) in [5, 5.41) is 4.83. The van der Waals surface area contributed by atoms with Gasteiger partial charge in [0.1, 0.15) is 5.58 Å². The van der Waals surface area contributed by atoms with Crippen LogP contribution in [0.5, 0.6) is 0 Å². The molecule has 1 fully saturated rings. The third-order valence-corrected chi connectivity index (χ3v) is 3.73. The zero-order valence-corrected chi connectivity index (χ0v) is 10.3. The Kier molecular flexibility index (Phi) is 2.89. The molecule has 17 heavy (non-hydrogen) atoms. The molecule has 1 aliphatic heterocycles. The Labute approximate surface area is 102 Å². The second kappa shape index (κ2) is 4.53. The Hall–Kier alpha value is -1.28. The van der Waals surface area contributed by atoms with Crippen LogP contribution in [-0.2, 0) is 6.42 Å². The van der Waals surface area contributed by atoms with Crippen LogP contribution in [0.4, 0.5) is 0 Å². The lowest BCUT2D eigenvalue weighted by Gasteiger charge is -2.23. The van der Waals surface area contributed by atoms with Gasteiger partial charge in [-0.25, -0.2) is 0 Å². The standard InChI is InChI=1S/C15H19NO/c1-11-10-17-15-9-12(5-6-14(11)15)8-13-4-2-3-7-16-13/h5-6,9-10,13,16H,2-4,7-8H2,1H3. The van der Waals surface area contributed by atoms with Gasteiger partial charge in [0.25, 0.3) is 0 Å². The van der Waals surface area contributed by atoms with Crippen LogP contribution in [0.15, 0.2) is 28.9 Å². The average Bonchev–Trinajstić information content (AvgIpc) is 2.72. The first kappa shape index (κ1) is 10.8. The molecule has 2 nitrogen and oxygen atoms in total. The fourth-order valence-corrected chi connectivity index (χ4v) is 2.72. The number of nitrogens with one attached hydrogen (secondary N) is 1. The van der Waals surface area contributed by atoms with Crippen molar-refractivity contribution in [1.82, 2.24) is 5.32 Å². The second-order valence-electron chi connectivity index (χ2n) is 5.10. The molecule has 0 aliphatic carbocycles. The second-order valence-corrected chi connectivity index (χ2v) is 5.10. The number of benzene rings is 1. The molecule has 0 spiro atoms. The van der Waals surface area contributed by atoms with Crippen molar-refractivity contribution in [3.8, 4) is 0 Å². The predicted molar refractivity (Wildman–Crippen MR) is 70.3 cm³/mol. The first-order valence-corrected chi connectivity index (χ1v) is 6.53. The van der Waals surface area contributed by atoms with Crippen molar-refractivity contribution >= 4 is 11.0 Å². The number of hydrogen-bond donors (Lipinski definition) is 1. The van der Waals surface area contributed by atoms with Gasteiger partial charge in [-0.3, -0.25) is 0 Å². The number of aryl methyl sites for hydroxylation is 1. The Morgan fingerprint density at radius 1 is 1.35 bits per heavy atom. The summed E-state index contributed by atoms with van der Waals surface area (Å²) in [7, 11) is 0. The van der Waals surface area contributed by atoms with Crippen molar-refractivity contribution in [1.29, 1.82) is 0 Å². The lowest BCUT2D eigenvalue weighted by atomic mass is 9.97. The number of hydrogen-bond acceptors (Lipinski definition) is 2. The van der Waals surface area contributed by atoms with E-state index in [0.29, 0.717) is 6.04 Å². The van der Waals surface area contributed by atoms with E-state index in [0.717, 1.165) is 12.0 Å². The molecule has 2 aromatic rings. The molecular formula is C15H19NO. The van der Waals surface area contributed by atoms with Gasteiger partial charge in [-0.1, -0.05) is 18.6 Å². The molecule has 1 unspecified atom stereocenters. The van der Waals surface area contributed by atoms with Gasteiger partial charge in [-0.15, -0.1) is 0 Å². The van der Waals surface area contributed by atoms with E-state index < -0.39 is 0 Å². The van der Waals surface area contributed by atoms with Crippen molar-refractivity contribution in [3.63, 3.8) is 0 Å². The normalized spacial score (nSPS) is 20.9. The molecule has 0 amide bonds. The molecule has 3 rings (SSSR count). The molecule has 1 saturated heterocycles. The number of furan rings is 1. The topological polar surface area (TPSA) is 25.2 Å². The Bertz CT molecular complexity index is 509. The van der Waals surface area contributed by atoms with Gasteiger partial charge in [-0.2, -0.15) is 0 Å². The van der Waals surface area contributed by atoms with Gasteiger partial charge >= 0.3 is 0 Å². The van der Waals surface area contributed by atoms with Crippen molar-refractivity contribution in [2.75, 3.05) is 6.54 Å². The van der Waals surface area contributed by atoms with Gasteiger partial charge in [0.15, 0.2) is 0 Å². The fraction of sp³-hybridized carbons (Fsp3) is 0.467. The Balaban J connectivity index is 1.80. The van der Waals surface area contributed by atoms with Crippen LogP contribution in [0.2, 0.25) is 0 Å². The highest BCUT2D eigenvalue weighted by Crippen LogP contribution is 2.23. The molecule has 1 N–H and O–H groups in total. The van der Waals surface area contributed by atoms with Gasteiger partial charge in [0.05, 0.1) is 6.26 Å². The zero-order chi connectivity index (χ0) is 11.7. The first-order chi connectivity index (χ1) is 8.33. The minimum atomic E-state index is 0.650. The zero-order valence-electron chi connectivity index (χ0n) is 10.3. The van der Waals surface area contributed by atoms with Crippen molar-refractivity contribution in [2.45, 2.75) is 38.6 Å². The lowest BCUT2D eigenvalue weighted by Crippen LogP contribution is -2.35. The van der Waals surface area contributed by atoms with E-state index >= 15 is 0 Å². The fourth-order valence-electron chi connectivity index (χ4n) is 2.72. The highest BCUT2D eigenvalue weighted by atomic mass is 16.3. The van der Waals surface area contributed by atoms with Crippen LogP contribution in [-0.4, -0.2) is 12.6 Å². The first-order valence-electron chi connectivity index (χ1n) is 6.53. The van der Waals surface area contributed by atoms with E-state index in [1.165, 1.54) is 42.3 Å². The summed E-state index contributed by atoms with van der Waals surface area (Å²) in [4.78, 5) is 0. The van der Waals surface area contributed by atoms with E-state index in [-0.39, 0.29) is 0 Å². The SMILES string of the molecule is Cc1coc2cc(CC3CCCCN3)ccc12. The van der Waals surface area contributed by atoms with E-state index in [9.17, 15) is 0 Å². The molecule has 2 heteroatoms. The summed E-state index contributed by atoms with van der Waals surface area (Å²) in [6, 6.07) is 7.27. The summed E-state index contributed by atoms with van der Waals surface area (Å²) in [6.45, 7) is 3.26. The Morgan fingerprint density at radius 3 is 3.12 bits per heavy atom. The summed E-state index contributed by atoms with van der Waals surface area (Å²) < 4.78 is 5.56. The Morgan fingerprint density at radius 2 is 2.29 bits per heavy atom.